The number of rotatable bonds is 13. The van der Waals surface area contributed by atoms with Crippen LogP contribution in [0.2, 0.25) is 0 Å². The van der Waals surface area contributed by atoms with Crippen molar-refractivity contribution >= 4 is 20.2 Å². The first-order chi connectivity index (χ1) is 19.1. The molecule has 2 atom stereocenters. The molecular weight excluding hydrogens is 544 g/mol. The SMILES string of the molecule is Cc1ccc(S(=O)(=O)OC[C@H](Cc2ccccc2)[C@H](COS(=O)(=O)c2ccc(C)cc2)Cc2ccccc2)cc1. The van der Waals surface area contributed by atoms with Crippen LogP contribution in [0.4, 0.5) is 0 Å². The van der Waals surface area contributed by atoms with Gasteiger partial charge in [0.05, 0.1) is 23.0 Å². The van der Waals surface area contributed by atoms with Gasteiger partial charge in [-0.1, -0.05) is 96.1 Å². The summed E-state index contributed by atoms with van der Waals surface area (Å²) in [6.45, 7) is 3.51. The Hall–Kier alpha value is -3.30. The molecular formula is C32H34O6S2. The Morgan fingerprint density at radius 2 is 0.825 bits per heavy atom. The van der Waals surface area contributed by atoms with E-state index >= 15 is 0 Å². The van der Waals surface area contributed by atoms with Crippen molar-refractivity contribution in [1.29, 1.82) is 0 Å². The largest absolute Gasteiger partial charge is 0.296 e. The van der Waals surface area contributed by atoms with E-state index in [1.807, 2.05) is 74.5 Å². The maximum atomic E-state index is 13.1. The van der Waals surface area contributed by atoms with Gasteiger partial charge in [0.25, 0.3) is 20.2 Å². The minimum Gasteiger partial charge on any atom is -0.266 e. The van der Waals surface area contributed by atoms with E-state index in [1.165, 1.54) is 24.3 Å². The van der Waals surface area contributed by atoms with Gasteiger partial charge >= 0.3 is 0 Å². The molecule has 0 spiro atoms. The zero-order chi connectivity index (χ0) is 28.6. The predicted octanol–water partition coefficient (Wildman–Crippen LogP) is 6.13. The van der Waals surface area contributed by atoms with Crippen molar-refractivity contribution in [1.82, 2.24) is 0 Å². The molecule has 0 aliphatic heterocycles. The lowest BCUT2D eigenvalue weighted by Crippen LogP contribution is -2.30. The molecule has 0 aromatic heterocycles. The standard InChI is InChI=1S/C32H34O6S2/c1-25-13-17-31(18-14-25)39(33,34)37-23-29(21-27-9-5-3-6-10-27)30(22-28-11-7-4-8-12-28)24-38-40(35,36)32-19-15-26(2)16-20-32/h3-20,29-30H,21-24H2,1-2H3/t29-,30-/m0/s1. The quantitative estimate of drug-likeness (QED) is 0.177. The number of aryl methyl sites for hydroxylation is 2. The van der Waals surface area contributed by atoms with Crippen LogP contribution in [-0.4, -0.2) is 30.0 Å². The van der Waals surface area contributed by atoms with Gasteiger partial charge in [0.15, 0.2) is 0 Å². The van der Waals surface area contributed by atoms with E-state index in [4.69, 9.17) is 8.37 Å². The van der Waals surface area contributed by atoms with Gasteiger partial charge in [-0.3, -0.25) is 8.37 Å². The molecule has 0 amide bonds. The van der Waals surface area contributed by atoms with Crippen LogP contribution in [0.25, 0.3) is 0 Å². The van der Waals surface area contributed by atoms with Crippen LogP contribution in [0.3, 0.4) is 0 Å². The van der Waals surface area contributed by atoms with Crippen LogP contribution in [0.15, 0.2) is 119 Å². The fourth-order valence-electron chi connectivity index (χ4n) is 4.46. The first-order valence-electron chi connectivity index (χ1n) is 13.1. The Morgan fingerprint density at radius 1 is 0.500 bits per heavy atom. The number of hydrogen-bond donors (Lipinski definition) is 0. The maximum absolute atomic E-state index is 13.1. The average Bonchev–Trinajstić information content (AvgIpc) is 2.95. The Balaban J connectivity index is 1.62. The molecule has 0 aliphatic carbocycles. The van der Waals surface area contributed by atoms with Gasteiger partial charge in [-0.2, -0.15) is 16.8 Å². The normalized spacial score (nSPS) is 13.6. The van der Waals surface area contributed by atoms with Crippen LogP contribution < -0.4 is 0 Å². The highest BCUT2D eigenvalue weighted by Crippen LogP contribution is 2.27. The van der Waals surface area contributed by atoms with E-state index in [1.54, 1.807) is 24.3 Å². The van der Waals surface area contributed by atoms with E-state index in [2.05, 4.69) is 0 Å². The van der Waals surface area contributed by atoms with Crippen molar-refractivity contribution in [3.63, 3.8) is 0 Å². The molecule has 4 aromatic rings. The zero-order valence-corrected chi connectivity index (χ0v) is 24.3. The van der Waals surface area contributed by atoms with Gasteiger partial charge in [0, 0.05) is 0 Å². The molecule has 0 bridgehead atoms. The summed E-state index contributed by atoms with van der Waals surface area (Å²) in [5.41, 5.74) is 3.86. The van der Waals surface area contributed by atoms with Gasteiger partial charge < -0.3 is 0 Å². The average molecular weight is 579 g/mol. The summed E-state index contributed by atoms with van der Waals surface area (Å²) in [6, 6.07) is 32.3. The molecule has 0 radical (unpaired) electrons. The molecule has 0 unspecified atom stereocenters. The van der Waals surface area contributed by atoms with Crippen molar-refractivity contribution in [2.75, 3.05) is 13.2 Å². The zero-order valence-electron chi connectivity index (χ0n) is 22.6. The second-order valence-electron chi connectivity index (χ2n) is 10.0. The highest BCUT2D eigenvalue weighted by molar-refractivity contribution is 7.87. The van der Waals surface area contributed by atoms with E-state index < -0.39 is 20.2 Å². The van der Waals surface area contributed by atoms with E-state index in [-0.39, 0.29) is 34.8 Å². The Morgan fingerprint density at radius 3 is 1.15 bits per heavy atom. The predicted molar refractivity (Wildman–Crippen MR) is 156 cm³/mol. The van der Waals surface area contributed by atoms with Crippen LogP contribution in [0, 0.1) is 25.7 Å². The third-order valence-corrected chi connectivity index (χ3v) is 9.43. The van der Waals surface area contributed by atoms with Crippen LogP contribution in [-0.2, 0) is 41.4 Å². The van der Waals surface area contributed by atoms with Crippen molar-refractivity contribution in [2.45, 2.75) is 36.5 Å². The monoisotopic (exact) mass is 578 g/mol. The fraction of sp³-hybridized carbons (Fsp3) is 0.250. The minimum absolute atomic E-state index is 0.0781. The Labute approximate surface area is 237 Å². The number of hydrogen-bond acceptors (Lipinski definition) is 6. The van der Waals surface area contributed by atoms with Crippen molar-refractivity contribution in [3.8, 4) is 0 Å². The van der Waals surface area contributed by atoms with Gasteiger partial charge in [-0.15, -0.1) is 0 Å². The summed E-state index contributed by atoms with van der Waals surface area (Å²) in [5, 5.41) is 0. The minimum atomic E-state index is -4.02. The van der Waals surface area contributed by atoms with Crippen molar-refractivity contribution < 1.29 is 25.2 Å². The van der Waals surface area contributed by atoms with E-state index in [0.717, 1.165) is 22.3 Å². The first kappa shape index (κ1) is 29.7. The summed E-state index contributed by atoms with van der Waals surface area (Å²) in [5.74, 6) is -0.730. The van der Waals surface area contributed by atoms with Gasteiger partial charge in [-0.05, 0) is 73.9 Å². The maximum Gasteiger partial charge on any atom is 0.296 e. The van der Waals surface area contributed by atoms with Crippen LogP contribution in [0.5, 0.6) is 0 Å². The van der Waals surface area contributed by atoms with Gasteiger partial charge in [0.1, 0.15) is 0 Å². The molecule has 0 saturated carbocycles. The first-order valence-corrected chi connectivity index (χ1v) is 15.9. The molecule has 0 fully saturated rings. The summed E-state index contributed by atoms with van der Waals surface area (Å²) < 4.78 is 63.5. The second kappa shape index (κ2) is 13.4. The molecule has 6 nitrogen and oxygen atoms in total. The van der Waals surface area contributed by atoms with Crippen molar-refractivity contribution in [3.05, 3.63) is 131 Å². The third-order valence-electron chi connectivity index (χ3n) is 6.84. The summed E-state index contributed by atoms with van der Waals surface area (Å²) in [7, 11) is -8.04. The molecule has 4 aromatic carbocycles. The Kier molecular flexibility index (Phi) is 9.92. The molecule has 210 valence electrons. The molecule has 40 heavy (non-hydrogen) atoms. The highest BCUT2D eigenvalue weighted by atomic mass is 32.2. The van der Waals surface area contributed by atoms with Crippen molar-refractivity contribution in [2.24, 2.45) is 11.8 Å². The molecule has 0 N–H and O–H groups in total. The highest BCUT2D eigenvalue weighted by Gasteiger charge is 2.28. The molecule has 4 rings (SSSR count). The summed E-state index contributed by atoms with van der Waals surface area (Å²) in [4.78, 5) is 0.156. The lowest BCUT2D eigenvalue weighted by Gasteiger charge is -2.27. The van der Waals surface area contributed by atoms with Gasteiger partial charge in [0.2, 0.25) is 0 Å². The lowest BCUT2D eigenvalue weighted by atomic mass is 9.84. The fourth-order valence-corrected chi connectivity index (χ4v) is 6.38. The molecule has 0 aliphatic rings. The summed E-state index contributed by atoms with van der Waals surface area (Å²) in [6.07, 6.45) is 0.964. The second-order valence-corrected chi connectivity index (χ2v) is 13.2. The van der Waals surface area contributed by atoms with Crippen LogP contribution in [0.1, 0.15) is 22.3 Å². The third kappa shape index (κ3) is 8.35. The lowest BCUT2D eigenvalue weighted by molar-refractivity contribution is 0.146. The topological polar surface area (TPSA) is 86.7 Å². The van der Waals surface area contributed by atoms with E-state index in [9.17, 15) is 16.8 Å². The smallest absolute Gasteiger partial charge is 0.266 e. The summed E-state index contributed by atoms with van der Waals surface area (Å²) >= 11 is 0. The van der Waals surface area contributed by atoms with Crippen LogP contribution >= 0.6 is 0 Å². The Bertz CT molecular complexity index is 1440. The van der Waals surface area contributed by atoms with Gasteiger partial charge in [-0.25, -0.2) is 0 Å². The molecule has 0 heterocycles. The van der Waals surface area contributed by atoms with E-state index in [0.29, 0.717) is 12.8 Å². The molecule has 0 saturated heterocycles. The number of benzene rings is 4. The molecule has 8 heteroatoms.